The van der Waals surface area contributed by atoms with E-state index in [0.29, 0.717) is 31.3 Å². The first-order chi connectivity index (χ1) is 11.8. The zero-order chi connectivity index (χ0) is 16.8. The maximum absolute atomic E-state index is 12.3. The minimum absolute atomic E-state index is 0.186. The highest BCUT2D eigenvalue weighted by atomic mass is 16.5. The van der Waals surface area contributed by atoms with Gasteiger partial charge in [0, 0.05) is 32.1 Å². The molecule has 3 aromatic rings. The van der Waals surface area contributed by atoms with Crippen LogP contribution in [-0.2, 0) is 11.3 Å². The lowest BCUT2D eigenvalue weighted by molar-refractivity contribution is 0.0945. The average Bonchev–Trinajstić information content (AvgIpc) is 3.05. The number of nitrogens with zero attached hydrogens (tertiary/aromatic N) is 3. The van der Waals surface area contributed by atoms with E-state index in [1.807, 2.05) is 30.5 Å². The number of aromatic nitrogens is 3. The zero-order valence-corrected chi connectivity index (χ0v) is 13.3. The molecule has 0 bridgehead atoms. The maximum atomic E-state index is 12.3. The first-order valence-electron chi connectivity index (χ1n) is 7.55. The van der Waals surface area contributed by atoms with Crippen molar-refractivity contribution in [3.63, 3.8) is 0 Å². The predicted molar refractivity (Wildman–Crippen MR) is 88.0 cm³/mol. The van der Waals surface area contributed by atoms with E-state index in [-0.39, 0.29) is 5.91 Å². The molecule has 0 atom stereocenters. The van der Waals surface area contributed by atoms with E-state index in [9.17, 15) is 4.79 Å². The second-order valence-electron chi connectivity index (χ2n) is 5.10. The molecule has 7 heteroatoms. The molecule has 0 aromatic carbocycles. The molecule has 0 saturated heterocycles. The summed E-state index contributed by atoms with van der Waals surface area (Å²) in [6, 6.07) is 9.22. The number of carbonyl (C=O) groups excluding carboxylic acids is 1. The van der Waals surface area contributed by atoms with Crippen molar-refractivity contribution in [3.8, 4) is 5.88 Å². The van der Waals surface area contributed by atoms with Gasteiger partial charge in [0.2, 0.25) is 5.88 Å². The fraction of sp³-hybridized carbons (Fsp3) is 0.235. The first-order valence-corrected chi connectivity index (χ1v) is 7.55. The molecule has 0 saturated carbocycles. The Morgan fingerprint density at radius 2 is 2.08 bits per heavy atom. The second-order valence-corrected chi connectivity index (χ2v) is 5.10. The maximum Gasteiger partial charge on any atom is 0.270 e. The molecule has 3 aromatic heterocycles. The molecule has 1 amide bonds. The van der Waals surface area contributed by atoms with Crippen LogP contribution < -0.4 is 10.1 Å². The van der Waals surface area contributed by atoms with Crippen LogP contribution in [0.1, 0.15) is 16.1 Å². The van der Waals surface area contributed by atoms with E-state index in [1.54, 1.807) is 30.0 Å². The lowest BCUT2D eigenvalue weighted by Gasteiger charge is -2.07. The molecular weight excluding hydrogens is 308 g/mol. The van der Waals surface area contributed by atoms with Crippen LogP contribution in [0.15, 0.2) is 48.9 Å². The van der Waals surface area contributed by atoms with Crippen LogP contribution in [-0.4, -0.2) is 40.6 Å². The monoisotopic (exact) mass is 326 g/mol. The molecule has 3 rings (SSSR count). The van der Waals surface area contributed by atoms with Crippen LogP contribution in [0.4, 0.5) is 0 Å². The average molecular weight is 326 g/mol. The number of hydrogen-bond acceptors (Lipinski definition) is 5. The molecule has 0 spiro atoms. The fourth-order valence-corrected chi connectivity index (χ4v) is 2.20. The summed E-state index contributed by atoms with van der Waals surface area (Å²) in [6.07, 6.45) is 5.05. The largest absolute Gasteiger partial charge is 0.475 e. The summed E-state index contributed by atoms with van der Waals surface area (Å²) in [6.45, 7) is 1.34. The number of hydrogen-bond donors (Lipinski definition) is 1. The molecule has 0 aliphatic carbocycles. The number of fused-ring (bicyclic) bond motifs is 1. The van der Waals surface area contributed by atoms with Crippen LogP contribution in [0.25, 0.3) is 5.65 Å². The summed E-state index contributed by atoms with van der Waals surface area (Å²) in [4.78, 5) is 20.7. The van der Waals surface area contributed by atoms with Gasteiger partial charge in [-0.1, -0.05) is 12.1 Å². The third-order valence-electron chi connectivity index (χ3n) is 3.44. The normalized spacial score (nSPS) is 10.7. The number of methoxy groups -OCH3 is 1. The molecule has 24 heavy (non-hydrogen) atoms. The van der Waals surface area contributed by atoms with Gasteiger partial charge in [0.25, 0.3) is 5.91 Å². The van der Waals surface area contributed by atoms with Crippen molar-refractivity contribution in [1.82, 2.24) is 19.7 Å². The number of rotatable bonds is 7. The number of imidazole rings is 1. The standard InChI is InChI=1S/C17H18N4O3/c1-23-8-9-24-16-6-5-13(10-19-16)11-20-17(22)14-12-18-15-4-2-3-7-21(14)15/h2-7,10,12H,8-9,11H2,1H3,(H,20,22). The molecule has 0 unspecified atom stereocenters. The Labute approximate surface area is 139 Å². The van der Waals surface area contributed by atoms with E-state index >= 15 is 0 Å². The van der Waals surface area contributed by atoms with Crippen molar-refractivity contribution in [2.24, 2.45) is 0 Å². The van der Waals surface area contributed by atoms with Gasteiger partial charge in [0.15, 0.2) is 0 Å². The van der Waals surface area contributed by atoms with Crippen molar-refractivity contribution in [3.05, 3.63) is 60.2 Å². The van der Waals surface area contributed by atoms with E-state index in [1.165, 1.54) is 0 Å². The quantitative estimate of drug-likeness (QED) is 0.669. The molecule has 0 radical (unpaired) electrons. The fourth-order valence-electron chi connectivity index (χ4n) is 2.20. The van der Waals surface area contributed by atoms with Gasteiger partial charge in [-0.05, 0) is 17.7 Å². The highest BCUT2D eigenvalue weighted by Gasteiger charge is 2.11. The van der Waals surface area contributed by atoms with Gasteiger partial charge >= 0.3 is 0 Å². The Morgan fingerprint density at radius 1 is 1.17 bits per heavy atom. The smallest absolute Gasteiger partial charge is 0.270 e. The first kappa shape index (κ1) is 15.9. The lowest BCUT2D eigenvalue weighted by Crippen LogP contribution is -2.24. The van der Waals surface area contributed by atoms with Gasteiger partial charge < -0.3 is 14.8 Å². The minimum Gasteiger partial charge on any atom is -0.475 e. The Bertz CT molecular complexity index is 814. The van der Waals surface area contributed by atoms with Crippen molar-refractivity contribution >= 4 is 11.6 Å². The molecule has 0 aliphatic heterocycles. The summed E-state index contributed by atoms with van der Waals surface area (Å²) in [7, 11) is 1.62. The molecule has 1 N–H and O–H groups in total. The van der Waals surface area contributed by atoms with Crippen LogP contribution >= 0.6 is 0 Å². The van der Waals surface area contributed by atoms with Gasteiger partial charge in [-0.25, -0.2) is 9.97 Å². The van der Waals surface area contributed by atoms with Crippen LogP contribution in [0.5, 0.6) is 5.88 Å². The molecule has 124 valence electrons. The van der Waals surface area contributed by atoms with Gasteiger partial charge in [-0.2, -0.15) is 0 Å². The van der Waals surface area contributed by atoms with Crippen molar-refractivity contribution in [2.75, 3.05) is 20.3 Å². The highest BCUT2D eigenvalue weighted by molar-refractivity contribution is 5.93. The summed E-state index contributed by atoms with van der Waals surface area (Å²) in [5, 5.41) is 2.86. The van der Waals surface area contributed by atoms with E-state index in [4.69, 9.17) is 9.47 Å². The second kappa shape index (κ2) is 7.56. The topological polar surface area (TPSA) is 77.8 Å². The van der Waals surface area contributed by atoms with E-state index in [0.717, 1.165) is 11.2 Å². The summed E-state index contributed by atoms with van der Waals surface area (Å²) < 4.78 is 12.1. The van der Waals surface area contributed by atoms with Gasteiger partial charge in [-0.15, -0.1) is 0 Å². The predicted octanol–water partition coefficient (Wildman–Crippen LogP) is 1.68. The number of nitrogens with one attached hydrogen (secondary N) is 1. The zero-order valence-electron chi connectivity index (χ0n) is 13.3. The molecule has 3 heterocycles. The van der Waals surface area contributed by atoms with Crippen molar-refractivity contribution in [2.45, 2.75) is 6.54 Å². The van der Waals surface area contributed by atoms with Crippen LogP contribution in [0.2, 0.25) is 0 Å². The summed E-state index contributed by atoms with van der Waals surface area (Å²) in [5.74, 6) is 0.345. The third kappa shape index (κ3) is 3.69. The molecule has 0 aliphatic rings. The van der Waals surface area contributed by atoms with Gasteiger partial charge in [-0.3, -0.25) is 9.20 Å². The minimum atomic E-state index is -0.186. The molecular formula is C17H18N4O3. The molecule has 0 fully saturated rings. The van der Waals surface area contributed by atoms with E-state index in [2.05, 4.69) is 15.3 Å². The van der Waals surface area contributed by atoms with Crippen molar-refractivity contribution < 1.29 is 14.3 Å². The number of pyridine rings is 2. The van der Waals surface area contributed by atoms with Gasteiger partial charge in [0.1, 0.15) is 17.9 Å². The number of ether oxygens (including phenoxy) is 2. The van der Waals surface area contributed by atoms with Crippen molar-refractivity contribution in [1.29, 1.82) is 0 Å². The lowest BCUT2D eigenvalue weighted by atomic mass is 10.3. The van der Waals surface area contributed by atoms with Crippen LogP contribution in [0, 0.1) is 0 Å². The highest BCUT2D eigenvalue weighted by Crippen LogP contribution is 2.09. The summed E-state index contributed by atoms with van der Waals surface area (Å²) in [5.41, 5.74) is 2.12. The number of carbonyl (C=O) groups is 1. The Kier molecular flexibility index (Phi) is 5.02. The summed E-state index contributed by atoms with van der Waals surface area (Å²) >= 11 is 0. The third-order valence-corrected chi connectivity index (χ3v) is 3.44. The van der Waals surface area contributed by atoms with Gasteiger partial charge in [0.05, 0.1) is 12.8 Å². The Balaban J connectivity index is 1.58. The molecule has 7 nitrogen and oxygen atoms in total. The Morgan fingerprint density at radius 3 is 2.88 bits per heavy atom. The van der Waals surface area contributed by atoms with E-state index < -0.39 is 0 Å². The SMILES string of the molecule is COCCOc1ccc(CNC(=O)c2cnc3ccccn23)cn1. The Hall–Kier alpha value is -2.93. The number of amides is 1. The van der Waals surface area contributed by atoms with Crippen LogP contribution in [0.3, 0.4) is 0 Å².